The number of hydrogen-bond donors (Lipinski definition) is 1. The van der Waals surface area contributed by atoms with E-state index in [0.29, 0.717) is 28.1 Å². The highest BCUT2D eigenvalue weighted by atomic mass is 32.2. The second kappa shape index (κ2) is 6.73. The molecule has 0 saturated carbocycles. The molecule has 0 bridgehead atoms. The molecule has 1 aromatic rings. The van der Waals surface area contributed by atoms with Gasteiger partial charge in [-0.2, -0.15) is 8.78 Å². The Balaban J connectivity index is 2.64. The number of benzene rings is 1. The number of carbonyl (C=O) groups is 1. The van der Waals surface area contributed by atoms with Crippen molar-refractivity contribution in [2.24, 2.45) is 5.92 Å². The highest BCUT2D eigenvalue weighted by molar-refractivity contribution is 7.99. The molecule has 5 heteroatoms. The molecule has 0 saturated heterocycles. The Morgan fingerprint density at radius 2 is 1.72 bits per heavy atom. The lowest BCUT2D eigenvalue weighted by molar-refractivity contribution is 0.0930. The Kier molecular flexibility index (Phi) is 5.59. The van der Waals surface area contributed by atoms with Gasteiger partial charge in [0.05, 0.1) is 0 Å². The van der Waals surface area contributed by atoms with Crippen LogP contribution in [0, 0.1) is 5.92 Å². The van der Waals surface area contributed by atoms with E-state index in [4.69, 9.17) is 0 Å². The van der Waals surface area contributed by atoms with Gasteiger partial charge in [0, 0.05) is 16.5 Å². The molecule has 0 radical (unpaired) electrons. The summed E-state index contributed by atoms with van der Waals surface area (Å²) in [5.41, 5.74) is 0.487. The average Bonchev–Trinajstić information content (AvgIpc) is 2.28. The summed E-state index contributed by atoms with van der Waals surface area (Å²) in [6.07, 6.45) is 0. The fourth-order valence-corrected chi connectivity index (χ4v) is 1.74. The third-order valence-electron chi connectivity index (χ3n) is 2.70. The van der Waals surface area contributed by atoms with Gasteiger partial charge < -0.3 is 5.32 Å². The third kappa shape index (κ3) is 4.64. The van der Waals surface area contributed by atoms with Crippen LogP contribution in [-0.4, -0.2) is 17.7 Å². The molecule has 0 aliphatic heterocycles. The van der Waals surface area contributed by atoms with Crippen molar-refractivity contribution >= 4 is 17.7 Å². The summed E-state index contributed by atoms with van der Waals surface area (Å²) in [6.45, 7) is 5.98. The number of thioether (sulfide) groups is 1. The van der Waals surface area contributed by atoms with E-state index in [1.807, 2.05) is 20.8 Å². The molecule has 1 N–H and O–H groups in total. The monoisotopic (exact) mass is 273 g/mol. The van der Waals surface area contributed by atoms with Crippen LogP contribution in [0.25, 0.3) is 0 Å². The first-order chi connectivity index (χ1) is 8.40. The molecule has 0 aliphatic rings. The first kappa shape index (κ1) is 15.0. The predicted octanol–water partition coefficient (Wildman–Crippen LogP) is 3.78. The third-order valence-corrected chi connectivity index (χ3v) is 3.42. The van der Waals surface area contributed by atoms with Crippen LogP contribution in [0.1, 0.15) is 31.1 Å². The molecule has 1 aromatic carbocycles. The fourth-order valence-electron chi connectivity index (χ4n) is 1.24. The van der Waals surface area contributed by atoms with E-state index >= 15 is 0 Å². The van der Waals surface area contributed by atoms with Crippen LogP contribution in [0.15, 0.2) is 29.2 Å². The molecule has 1 amide bonds. The fraction of sp³-hybridized carbons (Fsp3) is 0.462. The molecule has 18 heavy (non-hydrogen) atoms. The van der Waals surface area contributed by atoms with E-state index in [1.54, 1.807) is 12.1 Å². The second-order valence-corrected chi connectivity index (χ2v) is 5.47. The van der Waals surface area contributed by atoms with Crippen LogP contribution in [0.5, 0.6) is 0 Å². The molecule has 100 valence electrons. The number of nitrogens with one attached hydrogen (secondary N) is 1. The van der Waals surface area contributed by atoms with Crippen molar-refractivity contribution in [3.63, 3.8) is 0 Å². The van der Waals surface area contributed by atoms with Crippen LogP contribution in [0.4, 0.5) is 8.78 Å². The molecule has 0 aromatic heterocycles. The normalized spacial score (nSPS) is 12.8. The van der Waals surface area contributed by atoms with E-state index in [1.165, 1.54) is 12.1 Å². The summed E-state index contributed by atoms with van der Waals surface area (Å²) >= 11 is 0.473. The molecule has 1 rings (SSSR count). The molecule has 2 nitrogen and oxygen atoms in total. The average molecular weight is 273 g/mol. The van der Waals surface area contributed by atoms with Crippen molar-refractivity contribution < 1.29 is 13.6 Å². The molecule has 0 heterocycles. The zero-order valence-corrected chi connectivity index (χ0v) is 11.4. The standard InChI is InChI=1S/C13H17F2NOS/c1-8(2)9(3)16-12(17)10-4-6-11(7-5-10)18-13(14)15/h4-9,13H,1-3H3,(H,16,17). The van der Waals surface area contributed by atoms with Gasteiger partial charge in [-0.3, -0.25) is 4.79 Å². The van der Waals surface area contributed by atoms with Gasteiger partial charge in [0.2, 0.25) is 0 Å². The highest BCUT2D eigenvalue weighted by Gasteiger charge is 2.12. The van der Waals surface area contributed by atoms with E-state index in [0.717, 1.165) is 0 Å². The zero-order valence-electron chi connectivity index (χ0n) is 10.6. The number of alkyl halides is 2. The Morgan fingerprint density at radius 3 is 2.17 bits per heavy atom. The van der Waals surface area contributed by atoms with Crippen molar-refractivity contribution in [3.8, 4) is 0 Å². The number of carbonyl (C=O) groups excluding carboxylic acids is 1. The SMILES string of the molecule is CC(C)C(C)NC(=O)c1ccc(SC(F)F)cc1. The topological polar surface area (TPSA) is 29.1 Å². The molecule has 1 atom stereocenters. The van der Waals surface area contributed by atoms with Gasteiger partial charge >= 0.3 is 0 Å². The van der Waals surface area contributed by atoms with Gasteiger partial charge in [-0.1, -0.05) is 25.6 Å². The van der Waals surface area contributed by atoms with E-state index < -0.39 is 5.76 Å². The number of hydrogen-bond acceptors (Lipinski definition) is 2. The zero-order chi connectivity index (χ0) is 13.7. The van der Waals surface area contributed by atoms with Gasteiger partial charge in [0.25, 0.3) is 11.7 Å². The predicted molar refractivity (Wildman–Crippen MR) is 70.1 cm³/mol. The van der Waals surface area contributed by atoms with E-state index in [2.05, 4.69) is 5.32 Å². The maximum atomic E-state index is 12.1. The largest absolute Gasteiger partial charge is 0.349 e. The summed E-state index contributed by atoms with van der Waals surface area (Å²) in [4.78, 5) is 12.3. The molecular formula is C13H17F2NOS. The van der Waals surface area contributed by atoms with Crippen LogP contribution < -0.4 is 5.32 Å². The van der Waals surface area contributed by atoms with E-state index in [-0.39, 0.29) is 11.9 Å². The van der Waals surface area contributed by atoms with Crippen LogP contribution >= 0.6 is 11.8 Å². The minimum atomic E-state index is -2.44. The lowest BCUT2D eigenvalue weighted by atomic mass is 10.1. The van der Waals surface area contributed by atoms with Gasteiger partial charge in [-0.15, -0.1) is 0 Å². The first-order valence-corrected chi connectivity index (χ1v) is 6.64. The summed E-state index contributed by atoms with van der Waals surface area (Å²) in [7, 11) is 0. The summed E-state index contributed by atoms with van der Waals surface area (Å²) in [6, 6.07) is 6.27. The van der Waals surface area contributed by atoms with E-state index in [9.17, 15) is 13.6 Å². The first-order valence-electron chi connectivity index (χ1n) is 5.76. The van der Waals surface area contributed by atoms with Crippen LogP contribution in [0.2, 0.25) is 0 Å². The summed E-state index contributed by atoms with van der Waals surface area (Å²) in [5.74, 6) is -2.27. The molecular weight excluding hydrogens is 256 g/mol. The van der Waals surface area contributed by atoms with Crippen molar-refractivity contribution in [3.05, 3.63) is 29.8 Å². The van der Waals surface area contributed by atoms with Gasteiger partial charge in [0.15, 0.2) is 0 Å². The molecule has 0 spiro atoms. The lowest BCUT2D eigenvalue weighted by Crippen LogP contribution is -2.36. The van der Waals surface area contributed by atoms with Gasteiger partial charge in [-0.25, -0.2) is 0 Å². The molecule has 0 aliphatic carbocycles. The van der Waals surface area contributed by atoms with Gasteiger partial charge in [0.1, 0.15) is 0 Å². The summed E-state index contributed by atoms with van der Waals surface area (Å²) in [5, 5.41) is 2.86. The number of halogens is 2. The Morgan fingerprint density at radius 1 is 1.17 bits per heavy atom. The van der Waals surface area contributed by atoms with Crippen LogP contribution in [0.3, 0.4) is 0 Å². The minimum Gasteiger partial charge on any atom is -0.349 e. The quantitative estimate of drug-likeness (QED) is 0.827. The molecule has 0 fully saturated rings. The Labute approximate surface area is 110 Å². The minimum absolute atomic E-state index is 0.0765. The lowest BCUT2D eigenvalue weighted by Gasteiger charge is -2.17. The van der Waals surface area contributed by atoms with Crippen LogP contribution in [-0.2, 0) is 0 Å². The number of rotatable bonds is 5. The second-order valence-electron chi connectivity index (χ2n) is 4.41. The maximum absolute atomic E-state index is 12.1. The highest BCUT2D eigenvalue weighted by Crippen LogP contribution is 2.25. The Hall–Kier alpha value is -1.10. The van der Waals surface area contributed by atoms with Crippen molar-refractivity contribution in [2.45, 2.75) is 37.5 Å². The van der Waals surface area contributed by atoms with Gasteiger partial charge in [-0.05, 0) is 37.1 Å². The smallest absolute Gasteiger partial charge is 0.288 e. The van der Waals surface area contributed by atoms with Crippen molar-refractivity contribution in [1.29, 1.82) is 0 Å². The molecule has 1 unspecified atom stereocenters. The Bertz CT molecular complexity index is 392. The van der Waals surface area contributed by atoms with Crippen molar-refractivity contribution in [2.75, 3.05) is 0 Å². The van der Waals surface area contributed by atoms with Crippen molar-refractivity contribution in [1.82, 2.24) is 5.32 Å². The number of amides is 1. The summed E-state index contributed by atoms with van der Waals surface area (Å²) < 4.78 is 24.2. The maximum Gasteiger partial charge on any atom is 0.288 e.